The number of methoxy groups -OCH3 is 1. The molecule has 1 fully saturated rings. The summed E-state index contributed by atoms with van der Waals surface area (Å²) in [6.45, 7) is 1.88. The maximum absolute atomic E-state index is 12.5. The molecule has 4 aromatic rings. The van der Waals surface area contributed by atoms with Crippen molar-refractivity contribution < 1.29 is 14.3 Å². The maximum Gasteiger partial charge on any atom is 0.262 e. The maximum atomic E-state index is 12.5. The number of aromatic nitrogens is 1. The minimum Gasteiger partial charge on any atom is -0.497 e. The highest BCUT2D eigenvalue weighted by atomic mass is 16.5. The minimum absolute atomic E-state index is 0.0953. The Morgan fingerprint density at radius 2 is 1.72 bits per heavy atom. The first-order valence-corrected chi connectivity index (χ1v) is 12.4. The number of benzene rings is 3. The highest BCUT2D eigenvalue weighted by Crippen LogP contribution is 2.29. The van der Waals surface area contributed by atoms with Gasteiger partial charge < -0.3 is 19.7 Å². The Bertz CT molecular complexity index is 1300. The quantitative estimate of drug-likeness (QED) is 0.349. The van der Waals surface area contributed by atoms with Crippen LogP contribution in [-0.2, 0) is 11.2 Å². The van der Waals surface area contributed by atoms with Crippen molar-refractivity contribution in [3.05, 3.63) is 90.5 Å². The molecule has 0 unspecified atom stereocenters. The van der Waals surface area contributed by atoms with Crippen molar-refractivity contribution in [2.45, 2.75) is 19.3 Å². The average Bonchev–Trinajstić information content (AvgIpc) is 2.93. The molecule has 1 aliphatic rings. The van der Waals surface area contributed by atoms with Crippen molar-refractivity contribution in [2.75, 3.05) is 37.0 Å². The Morgan fingerprint density at radius 3 is 2.47 bits per heavy atom. The van der Waals surface area contributed by atoms with Crippen LogP contribution < -0.4 is 19.7 Å². The first-order valence-electron chi connectivity index (χ1n) is 12.4. The van der Waals surface area contributed by atoms with Gasteiger partial charge in [-0.3, -0.25) is 4.79 Å². The van der Waals surface area contributed by atoms with Gasteiger partial charge >= 0.3 is 0 Å². The second kappa shape index (κ2) is 11.1. The fraction of sp³-hybridized carbons (Fsp3) is 0.267. The normalized spacial score (nSPS) is 14.0. The number of nitrogens with one attached hydrogen (secondary N) is 1. The smallest absolute Gasteiger partial charge is 0.262 e. The lowest BCUT2D eigenvalue weighted by molar-refractivity contribution is -0.118. The molecule has 184 valence electrons. The molecule has 0 atom stereocenters. The first kappa shape index (κ1) is 23.7. The molecule has 0 spiro atoms. The van der Waals surface area contributed by atoms with Gasteiger partial charge in [0, 0.05) is 24.2 Å². The molecule has 5 rings (SSSR count). The van der Waals surface area contributed by atoms with Crippen LogP contribution in [0.25, 0.3) is 10.9 Å². The number of nitrogens with zero attached hydrogens (tertiary/aromatic N) is 2. The van der Waals surface area contributed by atoms with Crippen molar-refractivity contribution in [1.29, 1.82) is 0 Å². The second-order valence-electron chi connectivity index (χ2n) is 9.18. The van der Waals surface area contributed by atoms with Crippen LogP contribution in [-0.4, -0.2) is 37.7 Å². The first-order chi connectivity index (χ1) is 17.7. The Hall–Kier alpha value is -4.06. The van der Waals surface area contributed by atoms with Gasteiger partial charge in [-0.25, -0.2) is 4.98 Å². The Kier molecular flexibility index (Phi) is 7.31. The van der Waals surface area contributed by atoms with Gasteiger partial charge in [-0.05, 0) is 73.2 Å². The number of fused-ring (bicyclic) bond motifs is 1. The van der Waals surface area contributed by atoms with Crippen LogP contribution in [0.3, 0.4) is 0 Å². The molecule has 36 heavy (non-hydrogen) atoms. The van der Waals surface area contributed by atoms with Crippen LogP contribution in [0.5, 0.6) is 11.5 Å². The summed E-state index contributed by atoms with van der Waals surface area (Å²) in [5.74, 6) is 2.78. The van der Waals surface area contributed by atoms with E-state index < -0.39 is 0 Å². The van der Waals surface area contributed by atoms with Crippen molar-refractivity contribution in [3.8, 4) is 11.5 Å². The zero-order chi connectivity index (χ0) is 24.7. The summed E-state index contributed by atoms with van der Waals surface area (Å²) in [5.41, 5.74) is 2.88. The van der Waals surface area contributed by atoms with E-state index in [9.17, 15) is 4.79 Å². The molecule has 0 bridgehead atoms. The fourth-order valence-corrected chi connectivity index (χ4v) is 4.73. The zero-order valence-electron chi connectivity index (χ0n) is 20.5. The molecule has 6 nitrogen and oxygen atoms in total. The fourth-order valence-electron chi connectivity index (χ4n) is 4.73. The Morgan fingerprint density at radius 1 is 0.944 bits per heavy atom. The summed E-state index contributed by atoms with van der Waals surface area (Å²) >= 11 is 0. The van der Waals surface area contributed by atoms with E-state index in [0.717, 1.165) is 54.8 Å². The van der Waals surface area contributed by atoms with Crippen LogP contribution in [0.2, 0.25) is 0 Å². The molecule has 1 N–H and O–H groups in total. The van der Waals surface area contributed by atoms with Gasteiger partial charge in [-0.15, -0.1) is 0 Å². The van der Waals surface area contributed by atoms with Gasteiger partial charge in [0.05, 0.1) is 7.11 Å². The summed E-state index contributed by atoms with van der Waals surface area (Å²) in [6.07, 6.45) is 3.44. The number of para-hydroxylation sites is 1. The number of carbonyl (C=O) groups excluding carboxylic acids is 1. The number of hydrogen-bond acceptors (Lipinski definition) is 5. The van der Waals surface area contributed by atoms with Crippen LogP contribution in [0.15, 0.2) is 84.9 Å². The average molecular weight is 482 g/mol. The van der Waals surface area contributed by atoms with Crippen molar-refractivity contribution in [2.24, 2.45) is 5.92 Å². The third kappa shape index (κ3) is 5.77. The molecule has 3 aromatic carbocycles. The topological polar surface area (TPSA) is 63.7 Å². The molecule has 0 radical (unpaired) electrons. The van der Waals surface area contributed by atoms with Crippen LogP contribution in [0.1, 0.15) is 18.4 Å². The molecule has 2 heterocycles. The number of carbonyl (C=O) groups is 1. The molecule has 1 aromatic heterocycles. The molecule has 6 heteroatoms. The monoisotopic (exact) mass is 481 g/mol. The predicted molar refractivity (Wildman–Crippen MR) is 144 cm³/mol. The van der Waals surface area contributed by atoms with Crippen LogP contribution >= 0.6 is 0 Å². The van der Waals surface area contributed by atoms with E-state index in [4.69, 9.17) is 14.5 Å². The summed E-state index contributed by atoms with van der Waals surface area (Å²) in [4.78, 5) is 19.8. The van der Waals surface area contributed by atoms with E-state index in [-0.39, 0.29) is 12.5 Å². The van der Waals surface area contributed by atoms with Crippen molar-refractivity contribution in [1.82, 2.24) is 4.98 Å². The SMILES string of the molecule is COc1ccc(NC(=O)COc2cccc3ccc(N4CCC(Cc5ccccc5)CC4)nc23)cc1. The number of anilines is 2. The predicted octanol–water partition coefficient (Wildman–Crippen LogP) is 5.72. The van der Waals surface area contributed by atoms with Gasteiger partial charge in [0.15, 0.2) is 6.61 Å². The van der Waals surface area contributed by atoms with Gasteiger partial charge in [-0.2, -0.15) is 0 Å². The molecular formula is C30H31N3O3. The molecule has 0 saturated carbocycles. The summed E-state index contributed by atoms with van der Waals surface area (Å²) in [5, 5.41) is 3.84. The number of hydrogen-bond donors (Lipinski definition) is 1. The molecule has 1 amide bonds. The second-order valence-corrected chi connectivity index (χ2v) is 9.18. The van der Waals surface area contributed by atoms with Crippen molar-refractivity contribution in [3.63, 3.8) is 0 Å². The van der Waals surface area contributed by atoms with E-state index in [2.05, 4.69) is 52.7 Å². The third-order valence-corrected chi connectivity index (χ3v) is 6.71. The standard InChI is InChI=1S/C30H31N3O3/c1-35-26-13-11-25(12-14-26)31-29(34)21-36-27-9-5-8-24-10-15-28(32-30(24)27)33-18-16-23(17-19-33)20-22-6-3-2-4-7-22/h2-15,23H,16-21H2,1H3,(H,31,34). The zero-order valence-corrected chi connectivity index (χ0v) is 20.5. The largest absolute Gasteiger partial charge is 0.497 e. The third-order valence-electron chi connectivity index (χ3n) is 6.71. The van der Waals surface area contributed by atoms with Gasteiger partial charge in [0.2, 0.25) is 0 Å². The minimum atomic E-state index is -0.228. The number of piperidine rings is 1. The van der Waals surface area contributed by atoms with E-state index in [1.165, 1.54) is 5.56 Å². The van der Waals surface area contributed by atoms with Gasteiger partial charge in [0.1, 0.15) is 22.8 Å². The molecule has 0 aliphatic carbocycles. The Labute approximate surface area is 211 Å². The van der Waals surface area contributed by atoms with Crippen LogP contribution in [0, 0.1) is 5.92 Å². The van der Waals surface area contributed by atoms with Crippen LogP contribution in [0.4, 0.5) is 11.5 Å². The van der Waals surface area contributed by atoms with Gasteiger partial charge in [-0.1, -0.05) is 42.5 Å². The lowest BCUT2D eigenvalue weighted by atomic mass is 9.90. The van der Waals surface area contributed by atoms with Crippen molar-refractivity contribution >= 4 is 28.3 Å². The summed E-state index contributed by atoms with van der Waals surface area (Å²) in [7, 11) is 1.61. The van der Waals surface area contributed by atoms with Gasteiger partial charge in [0.25, 0.3) is 5.91 Å². The highest BCUT2D eigenvalue weighted by molar-refractivity contribution is 5.92. The number of rotatable bonds is 8. The lowest BCUT2D eigenvalue weighted by Gasteiger charge is -2.33. The Balaban J connectivity index is 1.21. The number of ether oxygens (including phenoxy) is 2. The van der Waals surface area contributed by atoms with E-state index in [0.29, 0.717) is 17.4 Å². The number of pyridine rings is 1. The highest BCUT2D eigenvalue weighted by Gasteiger charge is 2.21. The van der Waals surface area contributed by atoms with E-state index >= 15 is 0 Å². The lowest BCUT2D eigenvalue weighted by Crippen LogP contribution is -2.34. The molecular weight excluding hydrogens is 450 g/mol. The molecule has 1 saturated heterocycles. The molecule has 1 aliphatic heterocycles. The van der Waals surface area contributed by atoms with E-state index in [1.807, 2.05) is 18.2 Å². The number of amides is 1. The summed E-state index contributed by atoms with van der Waals surface area (Å²) < 4.78 is 11.1. The summed E-state index contributed by atoms with van der Waals surface area (Å²) in [6, 6.07) is 27.9. The van der Waals surface area contributed by atoms with E-state index in [1.54, 1.807) is 31.4 Å².